The molecule has 0 saturated heterocycles. The van der Waals surface area contributed by atoms with Crippen LogP contribution in [0.25, 0.3) is 0 Å². The first-order valence-corrected chi connectivity index (χ1v) is 9.64. The van der Waals surface area contributed by atoms with Gasteiger partial charge in [0.2, 0.25) is 10.0 Å². The van der Waals surface area contributed by atoms with Crippen LogP contribution in [0.1, 0.15) is 45.4 Å². The van der Waals surface area contributed by atoms with Gasteiger partial charge in [0.25, 0.3) is 0 Å². The van der Waals surface area contributed by atoms with Gasteiger partial charge in [-0.25, -0.2) is 13.1 Å². The second kappa shape index (κ2) is 10.00. The summed E-state index contributed by atoms with van der Waals surface area (Å²) < 4.78 is 26.3. The van der Waals surface area contributed by atoms with Gasteiger partial charge in [0.05, 0.1) is 5.75 Å². The number of guanidine groups is 1. The first kappa shape index (κ1) is 18.2. The maximum Gasteiger partial charge on any atom is 0.213 e. The lowest BCUT2D eigenvalue weighted by atomic mass is 9.86. The molecule has 0 radical (unpaired) electrons. The summed E-state index contributed by atoms with van der Waals surface area (Å²) in [5, 5.41) is 6.22. The Morgan fingerprint density at radius 3 is 2.48 bits per heavy atom. The van der Waals surface area contributed by atoms with Crippen molar-refractivity contribution in [2.45, 2.75) is 45.4 Å². The topological polar surface area (TPSA) is 82.6 Å². The van der Waals surface area contributed by atoms with Crippen molar-refractivity contribution in [3.05, 3.63) is 0 Å². The Kier molecular flexibility index (Phi) is 8.68. The Morgan fingerprint density at radius 1 is 1.19 bits per heavy atom. The van der Waals surface area contributed by atoms with E-state index in [0.717, 1.165) is 25.8 Å². The smallest absolute Gasteiger partial charge is 0.213 e. The fourth-order valence-electron chi connectivity index (χ4n) is 2.12. The minimum atomic E-state index is -3.18. The van der Waals surface area contributed by atoms with E-state index in [1.54, 1.807) is 7.05 Å². The van der Waals surface area contributed by atoms with Crippen LogP contribution >= 0.6 is 0 Å². The van der Waals surface area contributed by atoms with E-state index in [9.17, 15) is 8.42 Å². The molecular weight excluding hydrogens is 288 g/mol. The van der Waals surface area contributed by atoms with Gasteiger partial charge in [-0.2, -0.15) is 0 Å². The lowest BCUT2D eigenvalue weighted by Crippen LogP contribution is -2.42. The van der Waals surface area contributed by atoms with Crippen molar-refractivity contribution in [2.75, 3.05) is 32.4 Å². The summed E-state index contributed by atoms with van der Waals surface area (Å²) in [6, 6.07) is 0. The fourth-order valence-corrected chi connectivity index (χ4v) is 3.12. The number of hydrogen-bond acceptors (Lipinski definition) is 3. The second-order valence-corrected chi connectivity index (χ2v) is 7.52. The van der Waals surface area contributed by atoms with E-state index in [4.69, 9.17) is 0 Å². The van der Waals surface area contributed by atoms with Crippen molar-refractivity contribution in [2.24, 2.45) is 10.9 Å². The maximum atomic E-state index is 11.8. The van der Waals surface area contributed by atoms with Crippen LogP contribution in [-0.4, -0.2) is 46.8 Å². The summed E-state index contributed by atoms with van der Waals surface area (Å²) in [4.78, 5) is 4.08. The molecule has 0 heterocycles. The van der Waals surface area contributed by atoms with Crippen LogP contribution in [0.3, 0.4) is 0 Å². The number of aliphatic imine (C=N–C) groups is 1. The molecule has 1 fully saturated rings. The van der Waals surface area contributed by atoms with E-state index in [2.05, 4.69) is 27.3 Å². The fraction of sp³-hybridized carbons (Fsp3) is 0.929. The molecule has 0 amide bonds. The number of sulfonamides is 1. The van der Waals surface area contributed by atoms with Crippen molar-refractivity contribution < 1.29 is 8.42 Å². The lowest BCUT2D eigenvalue weighted by Gasteiger charge is -2.25. The summed E-state index contributed by atoms with van der Waals surface area (Å²) in [5.74, 6) is 1.29. The number of hydrogen-bond donors (Lipinski definition) is 3. The van der Waals surface area contributed by atoms with Crippen LogP contribution in [0.4, 0.5) is 0 Å². The second-order valence-electron chi connectivity index (χ2n) is 5.60. The van der Waals surface area contributed by atoms with Gasteiger partial charge in [0.15, 0.2) is 5.96 Å². The minimum Gasteiger partial charge on any atom is -0.356 e. The van der Waals surface area contributed by atoms with Gasteiger partial charge < -0.3 is 10.6 Å². The van der Waals surface area contributed by atoms with E-state index in [-0.39, 0.29) is 5.75 Å². The molecule has 0 unspecified atom stereocenters. The van der Waals surface area contributed by atoms with Crippen LogP contribution < -0.4 is 15.4 Å². The molecule has 0 aromatic rings. The van der Waals surface area contributed by atoms with Gasteiger partial charge in [-0.15, -0.1) is 0 Å². The Morgan fingerprint density at radius 2 is 1.90 bits per heavy atom. The highest BCUT2D eigenvalue weighted by Gasteiger charge is 2.19. The number of rotatable bonds is 10. The quantitative estimate of drug-likeness (QED) is 0.319. The third-order valence-corrected chi connectivity index (χ3v) is 5.12. The zero-order chi connectivity index (χ0) is 15.6. The van der Waals surface area contributed by atoms with Crippen molar-refractivity contribution in [1.29, 1.82) is 0 Å². The molecule has 0 aliphatic heterocycles. The highest BCUT2D eigenvalue weighted by molar-refractivity contribution is 7.89. The van der Waals surface area contributed by atoms with E-state index in [1.165, 1.54) is 19.3 Å². The van der Waals surface area contributed by atoms with Crippen molar-refractivity contribution in [3.8, 4) is 0 Å². The molecule has 1 saturated carbocycles. The SMILES string of the molecule is CCCCCNC(=NC)NCCS(=O)(=O)NCC1CCC1. The van der Waals surface area contributed by atoms with Crippen LogP contribution in [0.5, 0.6) is 0 Å². The lowest BCUT2D eigenvalue weighted by molar-refractivity contribution is 0.316. The monoisotopic (exact) mass is 318 g/mol. The van der Waals surface area contributed by atoms with E-state index >= 15 is 0 Å². The molecule has 0 aromatic carbocycles. The number of nitrogens with zero attached hydrogens (tertiary/aromatic N) is 1. The van der Waals surface area contributed by atoms with Crippen molar-refractivity contribution in [3.63, 3.8) is 0 Å². The Hall–Kier alpha value is -0.820. The normalized spacial score (nSPS) is 16.6. The zero-order valence-corrected chi connectivity index (χ0v) is 14.1. The first-order chi connectivity index (χ1) is 10.1. The van der Waals surface area contributed by atoms with Crippen LogP contribution in [-0.2, 0) is 10.0 Å². The van der Waals surface area contributed by atoms with Crippen LogP contribution in [0.2, 0.25) is 0 Å². The summed E-state index contributed by atoms with van der Waals surface area (Å²) in [7, 11) is -1.49. The largest absolute Gasteiger partial charge is 0.356 e. The van der Waals surface area contributed by atoms with Gasteiger partial charge in [0.1, 0.15) is 0 Å². The molecule has 7 heteroatoms. The Balaban J connectivity index is 2.14. The summed E-state index contributed by atoms with van der Waals surface area (Å²) in [6.45, 7) is 3.98. The average molecular weight is 318 g/mol. The molecule has 0 bridgehead atoms. The highest BCUT2D eigenvalue weighted by Crippen LogP contribution is 2.25. The van der Waals surface area contributed by atoms with E-state index in [0.29, 0.717) is 25.0 Å². The molecule has 6 nitrogen and oxygen atoms in total. The van der Waals surface area contributed by atoms with Gasteiger partial charge >= 0.3 is 0 Å². The standard InChI is InChI=1S/C14H30N4O2S/c1-3-4-5-9-16-14(15-2)17-10-11-21(19,20)18-12-13-7-6-8-13/h13,18H,3-12H2,1-2H3,(H2,15,16,17). The van der Waals surface area contributed by atoms with Gasteiger partial charge in [-0.3, -0.25) is 4.99 Å². The van der Waals surface area contributed by atoms with Crippen LogP contribution in [0, 0.1) is 5.92 Å². The Labute approximate surface area is 129 Å². The third-order valence-electron chi connectivity index (χ3n) is 3.78. The van der Waals surface area contributed by atoms with E-state index < -0.39 is 10.0 Å². The maximum absolute atomic E-state index is 11.8. The van der Waals surface area contributed by atoms with Crippen molar-refractivity contribution in [1.82, 2.24) is 15.4 Å². The highest BCUT2D eigenvalue weighted by atomic mass is 32.2. The molecule has 3 N–H and O–H groups in total. The summed E-state index contributed by atoms with van der Waals surface area (Å²) >= 11 is 0. The van der Waals surface area contributed by atoms with E-state index in [1.807, 2.05) is 0 Å². The van der Waals surface area contributed by atoms with Gasteiger partial charge in [0, 0.05) is 26.7 Å². The van der Waals surface area contributed by atoms with Gasteiger partial charge in [-0.1, -0.05) is 26.2 Å². The molecule has 0 atom stereocenters. The molecule has 0 spiro atoms. The van der Waals surface area contributed by atoms with Gasteiger partial charge in [-0.05, 0) is 25.2 Å². The molecule has 1 aliphatic rings. The van der Waals surface area contributed by atoms with Crippen molar-refractivity contribution >= 4 is 16.0 Å². The molecule has 1 rings (SSSR count). The number of nitrogens with one attached hydrogen (secondary N) is 3. The number of unbranched alkanes of at least 4 members (excludes halogenated alkanes) is 2. The molecule has 0 aromatic heterocycles. The van der Waals surface area contributed by atoms with Crippen LogP contribution in [0.15, 0.2) is 4.99 Å². The zero-order valence-electron chi connectivity index (χ0n) is 13.3. The summed E-state index contributed by atoms with van der Waals surface area (Å²) in [6.07, 6.45) is 6.98. The first-order valence-electron chi connectivity index (χ1n) is 7.99. The predicted octanol–water partition coefficient (Wildman–Crippen LogP) is 1.06. The predicted molar refractivity (Wildman–Crippen MR) is 88.0 cm³/mol. The minimum absolute atomic E-state index is 0.0787. The Bertz CT molecular complexity index is 405. The summed E-state index contributed by atoms with van der Waals surface area (Å²) in [5.41, 5.74) is 0. The molecule has 21 heavy (non-hydrogen) atoms. The molecule has 124 valence electrons. The molecule has 1 aliphatic carbocycles. The molecular formula is C14H30N4O2S. The third kappa shape index (κ3) is 8.26. The average Bonchev–Trinajstić information content (AvgIpc) is 2.39.